The van der Waals surface area contributed by atoms with Crippen molar-refractivity contribution in [2.75, 3.05) is 33.3 Å². The van der Waals surface area contributed by atoms with Crippen LogP contribution in [0, 0.1) is 0 Å². The maximum atomic E-state index is 12.1. The third-order valence-corrected chi connectivity index (χ3v) is 3.64. The third kappa shape index (κ3) is 3.96. The summed E-state index contributed by atoms with van der Waals surface area (Å²) in [6, 6.07) is 10.1. The molecular formula is C15H22N2O2. The molecular weight excluding hydrogens is 240 g/mol. The van der Waals surface area contributed by atoms with E-state index in [9.17, 15) is 4.79 Å². The van der Waals surface area contributed by atoms with Crippen LogP contribution in [0.2, 0.25) is 0 Å². The van der Waals surface area contributed by atoms with Crippen molar-refractivity contribution in [3.63, 3.8) is 0 Å². The van der Waals surface area contributed by atoms with Crippen molar-refractivity contribution < 1.29 is 9.53 Å². The van der Waals surface area contributed by atoms with Crippen molar-refractivity contribution in [3.05, 3.63) is 30.3 Å². The number of benzene rings is 1. The van der Waals surface area contributed by atoms with Crippen LogP contribution >= 0.6 is 0 Å². The fraction of sp³-hybridized carbons (Fsp3) is 0.533. The topological polar surface area (TPSA) is 32.8 Å². The Kier molecular flexibility index (Phi) is 4.80. The molecule has 4 heteroatoms. The van der Waals surface area contributed by atoms with E-state index in [1.165, 1.54) is 0 Å². The Balaban J connectivity index is 1.73. The summed E-state index contributed by atoms with van der Waals surface area (Å²) in [7, 11) is 2.10. The van der Waals surface area contributed by atoms with E-state index in [4.69, 9.17) is 4.74 Å². The Labute approximate surface area is 115 Å². The first-order valence-corrected chi connectivity index (χ1v) is 6.82. The van der Waals surface area contributed by atoms with Gasteiger partial charge in [-0.25, -0.2) is 0 Å². The number of carbonyl (C=O) groups excluding carboxylic acids is 1. The number of likely N-dealkylation sites (N-methyl/N-ethyl adjacent to an activating group) is 1. The maximum Gasteiger partial charge on any atom is 0.226 e. The number of amides is 1. The molecule has 0 spiro atoms. The van der Waals surface area contributed by atoms with Crippen LogP contribution in [0.1, 0.15) is 13.3 Å². The SMILES string of the molecule is CC1CN(C(=O)CCOc2ccccc2)CCN1C. The van der Waals surface area contributed by atoms with E-state index >= 15 is 0 Å². The fourth-order valence-electron chi connectivity index (χ4n) is 2.21. The average Bonchev–Trinajstić information content (AvgIpc) is 2.43. The van der Waals surface area contributed by atoms with Gasteiger partial charge in [0.15, 0.2) is 0 Å². The summed E-state index contributed by atoms with van der Waals surface area (Å²) in [5, 5.41) is 0. The summed E-state index contributed by atoms with van der Waals surface area (Å²) in [5.74, 6) is 1.01. The summed E-state index contributed by atoms with van der Waals surface area (Å²) in [5.41, 5.74) is 0. The first kappa shape index (κ1) is 13.9. The summed E-state index contributed by atoms with van der Waals surface area (Å²) in [4.78, 5) is 16.3. The molecule has 1 fully saturated rings. The van der Waals surface area contributed by atoms with Gasteiger partial charge in [-0.15, -0.1) is 0 Å². The van der Waals surface area contributed by atoms with Gasteiger partial charge >= 0.3 is 0 Å². The maximum absolute atomic E-state index is 12.1. The lowest BCUT2D eigenvalue weighted by Crippen LogP contribution is -2.52. The molecule has 0 N–H and O–H groups in total. The quantitative estimate of drug-likeness (QED) is 0.826. The highest BCUT2D eigenvalue weighted by atomic mass is 16.5. The van der Waals surface area contributed by atoms with Crippen molar-refractivity contribution >= 4 is 5.91 Å². The van der Waals surface area contributed by atoms with Gasteiger partial charge in [0.1, 0.15) is 5.75 Å². The summed E-state index contributed by atoms with van der Waals surface area (Å²) < 4.78 is 5.56. The van der Waals surface area contributed by atoms with E-state index in [2.05, 4.69) is 18.9 Å². The van der Waals surface area contributed by atoms with Gasteiger partial charge < -0.3 is 14.5 Å². The fourth-order valence-corrected chi connectivity index (χ4v) is 2.21. The Bertz CT molecular complexity index is 408. The van der Waals surface area contributed by atoms with E-state index in [1.807, 2.05) is 35.2 Å². The monoisotopic (exact) mass is 262 g/mol. The average molecular weight is 262 g/mol. The van der Waals surface area contributed by atoms with Crippen molar-refractivity contribution in [2.24, 2.45) is 0 Å². The minimum atomic E-state index is 0.191. The number of nitrogens with zero attached hydrogens (tertiary/aromatic N) is 2. The molecule has 1 heterocycles. The molecule has 0 aromatic heterocycles. The second-order valence-corrected chi connectivity index (χ2v) is 5.08. The van der Waals surface area contributed by atoms with Crippen LogP contribution < -0.4 is 4.74 Å². The van der Waals surface area contributed by atoms with E-state index in [0.717, 1.165) is 25.4 Å². The van der Waals surface area contributed by atoms with Crippen molar-refractivity contribution in [1.82, 2.24) is 9.80 Å². The summed E-state index contributed by atoms with van der Waals surface area (Å²) in [6.45, 7) is 5.20. The first-order valence-electron chi connectivity index (χ1n) is 6.82. The van der Waals surface area contributed by atoms with Crippen molar-refractivity contribution in [1.29, 1.82) is 0 Å². The molecule has 104 valence electrons. The molecule has 0 saturated carbocycles. The van der Waals surface area contributed by atoms with Gasteiger partial charge in [0.25, 0.3) is 0 Å². The Morgan fingerprint density at radius 2 is 2.05 bits per heavy atom. The lowest BCUT2D eigenvalue weighted by Gasteiger charge is -2.37. The van der Waals surface area contributed by atoms with Crippen LogP contribution in [0.15, 0.2) is 30.3 Å². The second-order valence-electron chi connectivity index (χ2n) is 5.08. The van der Waals surface area contributed by atoms with Crippen LogP contribution in [0.25, 0.3) is 0 Å². The van der Waals surface area contributed by atoms with Gasteiger partial charge in [-0.05, 0) is 26.1 Å². The zero-order chi connectivity index (χ0) is 13.7. The lowest BCUT2D eigenvalue weighted by molar-refractivity contribution is -0.134. The van der Waals surface area contributed by atoms with Gasteiger partial charge in [-0.3, -0.25) is 4.79 Å². The minimum absolute atomic E-state index is 0.191. The van der Waals surface area contributed by atoms with Crippen molar-refractivity contribution in [3.8, 4) is 5.75 Å². The van der Waals surface area contributed by atoms with Crippen LogP contribution in [-0.2, 0) is 4.79 Å². The number of carbonyl (C=O) groups is 1. The highest BCUT2D eigenvalue weighted by Gasteiger charge is 2.23. The molecule has 19 heavy (non-hydrogen) atoms. The predicted octanol–water partition coefficient (Wildman–Crippen LogP) is 1.62. The predicted molar refractivity (Wildman–Crippen MR) is 75.2 cm³/mol. The molecule has 1 aromatic carbocycles. The number of para-hydroxylation sites is 1. The second kappa shape index (κ2) is 6.57. The van der Waals surface area contributed by atoms with Crippen molar-refractivity contribution in [2.45, 2.75) is 19.4 Å². The molecule has 0 aliphatic carbocycles. The van der Waals surface area contributed by atoms with Crippen LogP contribution in [0.4, 0.5) is 0 Å². The van der Waals surface area contributed by atoms with E-state index in [-0.39, 0.29) is 5.91 Å². The Hall–Kier alpha value is -1.55. The molecule has 1 aliphatic heterocycles. The van der Waals surface area contributed by atoms with E-state index in [0.29, 0.717) is 19.1 Å². The highest BCUT2D eigenvalue weighted by molar-refractivity contribution is 5.76. The Morgan fingerprint density at radius 1 is 1.32 bits per heavy atom. The molecule has 2 rings (SSSR count). The molecule has 0 bridgehead atoms. The summed E-state index contributed by atoms with van der Waals surface area (Å²) >= 11 is 0. The highest BCUT2D eigenvalue weighted by Crippen LogP contribution is 2.11. The molecule has 1 saturated heterocycles. The Morgan fingerprint density at radius 3 is 2.74 bits per heavy atom. The number of rotatable bonds is 4. The van der Waals surface area contributed by atoms with Crippen LogP contribution in [0.3, 0.4) is 0 Å². The molecule has 1 aromatic rings. The molecule has 1 atom stereocenters. The largest absolute Gasteiger partial charge is 0.493 e. The smallest absolute Gasteiger partial charge is 0.226 e. The van der Waals surface area contributed by atoms with Gasteiger partial charge in [0.05, 0.1) is 13.0 Å². The zero-order valence-corrected chi connectivity index (χ0v) is 11.7. The minimum Gasteiger partial charge on any atom is -0.493 e. The summed E-state index contributed by atoms with van der Waals surface area (Å²) in [6.07, 6.45) is 0.450. The third-order valence-electron chi connectivity index (χ3n) is 3.64. The van der Waals surface area contributed by atoms with E-state index < -0.39 is 0 Å². The van der Waals surface area contributed by atoms with Gasteiger partial charge in [-0.1, -0.05) is 18.2 Å². The van der Waals surface area contributed by atoms with Gasteiger partial charge in [0, 0.05) is 25.7 Å². The van der Waals surface area contributed by atoms with Gasteiger partial charge in [-0.2, -0.15) is 0 Å². The molecule has 0 radical (unpaired) electrons. The van der Waals surface area contributed by atoms with Crippen LogP contribution in [0.5, 0.6) is 5.75 Å². The lowest BCUT2D eigenvalue weighted by atomic mass is 10.2. The zero-order valence-electron chi connectivity index (χ0n) is 11.7. The number of piperazine rings is 1. The normalized spacial score (nSPS) is 20.3. The number of hydrogen-bond acceptors (Lipinski definition) is 3. The number of ether oxygens (including phenoxy) is 1. The molecule has 1 aliphatic rings. The molecule has 1 unspecified atom stereocenters. The number of hydrogen-bond donors (Lipinski definition) is 0. The molecule has 1 amide bonds. The molecule has 4 nitrogen and oxygen atoms in total. The van der Waals surface area contributed by atoms with Crippen LogP contribution in [-0.4, -0.2) is 55.0 Å². The standard InChI is InChI=1S/C15H22N2O2/c1-13-12-17(10-9-16(13)2)15(18)8-11-19-14-6-4-3-5-7-14/h3-7,13H,8-12H2,1-2H3. The van der Waals surface area contributed by atoms with E-state index in [1.54, 1.807) is 0 Å². The first-order chi connectivity index (χ1) is 9.16. The van der Waals surface area contributed by atoms with Gasteiger partial charge in [0.2, 0.25) is 5.91 Å².